The Labute approximate surface area is 89.0 Å². The average molecular weight is 212 g/mol. The Bertz CT molecular complexity index is 344. The van der Waals surface area contributed by atoms with Crippen LogP contribution in [0, 0.1) is 12.7 Å². The molecule has 0 unspecified atom stereocenters. The normalized spacial score (nSPS) is 10.2. The van der Waals surface area contributed by atoms with Gasteiger partial charge in [0.05, 0.1) is 7.11 Å². The first-order valence-corrected chi connectivity index (χ1v) is 4.73. The molecule has 0 bridgehead atoms. The molecule has 0 amide bonds. The highest BCUT2D eigenvalue weighted by Crippen LogP contribution is 2.14. The van der Waals surface area contributed by atoms with E-state index in [2.05, 4.69) is 0 Å². The minimum atomic E-state index is -1.08. The Morgan fingerprint density at radius 1 is 1.47 bits per heavy atom. The molecule has 0 fully saturated rings. The standard InChI is InChI=1S/C10H14BFO3/c1-4-15-11(13)8-5-7(2)9(12)6-10(8)14-3/h5-6,13H,4H2,1-3H3. The third-order valence-corrected chi connectivity index (χ3v) is 2.10. The lowest BCUT2D eigenvalue weighted by atomic mass is 9.78. The van der Waals surface area contributed by atoms with Gasteiger partial charge in [0.15, 0.2) is 0 Å². The second kappa shape index (κ2) is 5.14. The third-order valence-electron chi connectivity index (χ3n) is 2.10. The van der Waals surface area contributed by atoms with Crippen LogP contribution in [0.25, 0.3) is 0 Å². The maximum atomic E-state index is 13.2. The molecule has 0 spiro atoms. The van der Waals surface area contributed by atoms with Crippen molar-refractivity contribution in [3.63, 3.8) is 0 Å². The first-order valence-electron chi connectivity index (χ1n) is 4.73. The van der Waals surface area contributed by atoms with Gasteiger partial charge in [0.1, 0.15) is 11.6 Å². The minimum Gasteiger partial charge on any atom is -0.497 e. The number of halogens is 1. The lowest BCUT2D eigenvalue weighted by Gasteiger charge is -2.12. The molecule has 0 radical (unpaired) electrons. The van der Waals surface area contributed by atoms with Gasteiger partial charge in [0.25, 0.3) is 0 Å². The van der Waals surface area contributed by atoms with E-state index in [0.29, 0.717) is 23.4 Å². The number of methoxy groups -OCH3 is 1. The van der Waals surface area contributed by atoms with Crippen molar-refractivity contribution >= 4 is 12.6 Å². The maximum absolute atomic E-state index is 13.2. The Balaban J connectivity index is 3.09. The summed E-state index contributed by atoms with van der Waals surface area (Å²) in [6, 6.07) is 2.77. The van der Waals surface area contributed by atoms with Crippen LogP contribution in [0.15, 0.2) is 12.1 Å². The molecule has 82 valence electrons. The molecule has 1 N–H and O–H groups in total. The van der Waals surface area contributed by atoms with E-state index in [4.69, 9.17) is 9.39 Å². The summed E-state index contributed by atoms with van der Waals surface area (Å²) in [5, 5.41) is 9.62. The summed E-state index contributed by atoms with van der Waals surface area (Å²) in [6.45, 7) is 3.77. The predicted molar refractivity (Wildman–Crippen MR) is 56.9 cm³/mol. The Morgan fingerprint density at radius 2 is 2.13 bits per heavy atom. The summed E-state index contributed by atoms with van der Waals surface area (Å²) in [6.07, 6.45) is 0. The van der Waals surface area contributed by atoms with Gasteiger partial charge < -0.3 is 14.4 Å². The van der Waals surface area contributed by atoms with E-state index in [-0.39, 0.29) is 5.82 Å². The molecule has 15 heavy (non-hydrogen) atoms. The van der Waals surface area contributed by atoms with Crippen molar-refractivity contribution in [1.29, 1.82) is 0 Å². The van der Waals surface area contributed by atoms with Crippen molar-refractivity contribution < 1.29 is 18.8 Å². The largest absolute Gasteiger partial charge is 0.497 e. The first-order chi connectivity index (χ1) is 7.10. The molecule has 0 aliphatic carbocycles. The summed E-state index contributed by atoms with van der Waals surface area (Å²) in [4.78, 5) is 0. The fraction of sp³-hybridized carbons (Fsp3) is 0.400. The maximum Gasteiger partial charge on any atom is 0.494 e. The Kier molecular flexibility index (Phi) is 4.11. The molecule has 5 heteroatoms. The highest BCUT2D eigenvalue weighted by Gasteiger charge is 2.22. The summed E-state index contributed by atoms with van der Waals surface area (Å²) in [5.74, 6) is -0.0710. The van der Waals surface area contributed by atoms with E-state index in [1.54, 1.807) is 13.8 Å². The van der Waals surface area contributed by atoms with Crippen LogP contribution in [0.3, 0.4) is 0 Å². The SMILES string of the molecule is CCOB(O)c1cc(C)c(F)cc1OC. The van der Waals surface area contributed by atoms with Gasteiger partial charge in [-0.2, -0.15) is 0 Å². The zero-order valence-electron chi connectivity index (χ0n) is 9.08. The molecule has 1 aromatic rings. The number of aryl methyl sites for hydroxylation is 1. The molecule has 0 aliphatic heterocycles. The van der Waals surface area contributed by atoms with Gasteiger partial charge >= 0.3 is 7.12 Å². The fourth-order valence-electron chi connectivity index (χ4n) is 1.30. The van der Waals surface area contributed by atoms with Crippen LogP contribution in [-0.4, -0.2) is 25.9 Å². The second-order valence-electron chi connectivity index (χ2n) is 3.15. The smallest absolute Gasteiger partial charge is 0.494 e. The molecule has 1 rings (SSSR count). The van der Waals surface area contributed by atoms with Crippen LogP contribution in [0.5, 0.6) is 5.75 Å². The Hall–Kier alpha value is -1.07. The van der Waals surface area contributed by atoms with E-state index >= 15 is 0 Å². The van der Waals surface area contributed by atoms with Crippen molar-refractivity contribution in [2.45, 2.75) is 13.8 Å². The number of benzene rings is 1. The highest BCUT2D eigenvalue weighted by molar-refractivity contribution is 6.61. The molecule has 0 heterocycles. The molecule has 0 aliphatic rings. The summed E-state index contributed by atoms with van der Waals surface area (Å²) in [7, 11) is 0.343. The van der Waals surface area contributed by atoms with E-state index in [9.17, 15) is 9.41 Å². The lowest BCUT2D eigenvalue weighted by Crippen LogP contribution is -2.35. The molecule has 0 aromatic heterocycles. The van der Waals surface area contributed by atoms with Gasteiger partial charge in [0.2, 0.25) is 0 Å². The fourth-order valence-corrected chi connectivity index (χ4v) is 1.30. The van der Waals surface area contributed by atoms with Gasteiger partial charge in [-0.25, -0.2) is 4.39 Å². The van der Waals surface area contributed by atoms with Crippen LogP contribution < -0.4 is 10.2 Å². The molecule has 1 aromatic carbocycles. The zero-order chi connectivity index (χ0) is 11.4. The van der Waals surface area contributed by atoms with Crippen molar-refractivity contribution in [2.24, 2.45) is 0 Å². The molecule has 0 saturated carbocycles. The van der Waals surface area contributed by atoms with E-state index in [1.807, 2.05) is 0 Å². The third kappa shape index (κ3) is 2.70. The van der Waals surface area contributed by atoms with E-state index in [0.717, 1.165) is 0 Å². The topological polar surface area (TPSA) is 38.7 Å². The number of rotatable bonds is 4. The van der Waals surface area contributed by atoms with E-state index < -0.39 is 7.12 Å². The van der Waals surface area contributed by atoms with Gasteiger partial charge in [0, 0.05) is 18.1 Å². The number of hydrogen-bond donors (Lipinski definition) is 1. The second-order valence-corrected chi connectivity index (χ2v) is 3.15. The van der Waals surface area contributed by atoms with Gasteiger partial charge in [-0.15, -0.1) is 0 Å². The monoisotopic (exact) mass is 212 g/mol. The van der Waals surface area contributed by atoms with Crippen LogP contribution in [0.1, 0.15) is 12.5 Å². The average Bonchev–Trinajstić information content (AvgIpc) is 2.21. The minimum absolute atomic E-state index is 0.291. The quantitative estimate of drug-likeness (QED) is 0.752. The van der Waals surface area contributed by atoms with Gasteiger partial charge in [-0.3, -0.25) is 0 Å². The molecule has 0 saturated heterocycles. The Morgan fingerprint density at radius 3 is 2.67 bits per heavy atom. The van der Waals surface area contributed by atoms with E-state index in [1.165, 1.54) is 19.2 Å². The first kappa shape index (κ1) is 12.0. The molecular formula is C10H14BFO3. The van der Waals surface area contributed by atoms with Crippen molar-refractivity contribution in [1.82, 2.24) is 0 Å². The molecule has 3 nitrogen and oxygen atoms in total. The van der Waals surface area contributed by atoms with Crippen LogP contribution in [0.2, 0.25) is 0 Å². The number of ether oxygens (including phenoxy) is 1. The highest BCUT2D eigenvalue weighted by atomic mass is 19.1. The van der Waals surface area contributed by atoms with Crippen LogP contribution in [0.4, 0.5) is 4.39 Å². The molecule has 0 atom stereocenters. The number of hydrogen-bond acceptors (Lipinski definition) is 3. The molecular weight excluding hydrogens is 198 g/mol. The summed E-state index contributed by atoms with van der Waals surface area (Å²) >= 11 is 0. The van der Waals surface area contributed by atoms with Gasteiger partial charge in [-0.05, 0) is 19.4 Å². The predicted octanol–water partition coefficient (Wildman–Crippen LogP) is 0.867. The van der Waals surface area contributed by atoms with Crippen LogP contribution >= 0.6 is 0 Å². The van der Waals surface area contributed by atoms with Gasteiger partial charge in [-0.1, -0.05) is 6.07 Å². The van der Waals surface area contributed by atoms with Crippen molar-refractivity contribution in [3.05, 3.63) is 23.5 Å². The van der Waals surface area contributed by atoms with Crippen LogP contribution in [-0.2, 0) is 4.65 Å². The van der Waals surface area contributed by atoms with Crippen molar-refractivity contribution in [2.75, 3.05) is 13.7 Å². The zero-order valence-corrected chi connectivity index (χ0v) is 9.08. The van der Waals surface area contributed by atoms with Crippen molar-refractivity contribution in [3.8, 4) is 5.75 Å². The summed E-state index contributed by atoms with van der Waals surface area (Å²) < 4.78 is 23.2. The summed E-state index contributed by atoms with van der Waals surface area (Å²) in [5.41, 5.74) is 0.891. The lowest BCUT2D eigenvalue weighted by molar-refractivity contribution is 0.286.